The van der Waals surface area contributed by atoms with Crippen LogP contribution in [-0.4, -0.2) is 62.1 Å². The van der Waals surface area contributed by atoms with Crippen molar-refractivity contribution < 1.29 is 4.74 Å². The van der Waals surface area contributed by atoms with Crippen molar-refractivity contribution in [2.24, 2.45) is 4.99 Å². The summed E-state index contributed by atoms with van der Waals surface area (Å²) in [6.45, 7) is 5.26. The van der Waals surface area contributed by atoms with Crippen LogP contribution in [0.15, 0.2) is 34.6 Å². The molecule has 1 heterocycles. The van der Waals surface area contributed by atoms with Crippen LogP contribution < -0.4 is 10.1 Å². The molecule has 0 unspecified atom stereocenters. The lowest BCUT2D eigenvalue weighted by Gasteiger charge is -2.21. The van der Waals surface area contributed by atoms with Crippen molar-refractivity contribution >= 4 is 41.3 Å². The fourth-order valence-corrected chi connectivity index (χ4v) is 3.24. The van der Waals surface area contributed by atoms with Gasteiger partial charge in [0.05, 0.1) is 23.9 Å². The Morgan fingerprint density at radius 3 is 2.50 bits per heavy atom. The summed E-state index contributed by atoms with van der Waals surface area (Å²) >= 11 is 1.67. The summed E-state index contributed by atoms with van der Waals surface area (Å²) in [6.07, 6.45) is 1.03. The van der Waals surface area contributed by atoms with Gasteiger partial charge in [-0.15, -0.1) is 35.3 Å². The van der Waals surface area contributed by atoms with Crippen LogP contribution in [0.5, 0.6) is 5.75 Å². The van der Waals surface area contributed by atoms with E-state index in [1.807, 2.05) is 26.1 Å². The Morgan fingerprint density at radius 1 is 1.21 bits per heavy atom. The van der Waals surface area contributed by atoms with E-state index < -0.39 is 0 Å². The number of hydrogen-bond donors (Lipinski definition) is 1. The van der Waals surface area contributed by atoms with E-state index in [0.29, 0.717) is 6.54 Å². The van der Waals surface area contributed by atoms with Crippen LogP contribution in [0.25, 0.3) is 0 Å². The van der Waals surface area contributed by atoms with Crippen LogP contribution in [-0.2, 0) is 13.1 Å². The number of aliphatic imine (C=N–C) groups is 1. The number of thiazole rings is 1. The number of rotatable bonds is 9. The van der Waals surface area contributed by atoms with Gasteiger partial charge in [0.2, 0.25) is 0 Å². The predicted octanol–water partition coefficient (Wildman–Crippen LogP) is 3.61. The number of halogens is 1. The van der Waals surface area contributed by atoms with Crippen molar-refractivity contribution in [2.45, 2.75) is 26.4 Å². The maximum absolute atomic E-state index is 5.78. The van der Waals surface area contributed by atoms with E-state index in [1.54, 1.807) is 18.4 Å². The van der Waals surface area contributed by atoms with E-state index in [1.165, 1.54) is 5.56 Å². The standard InChI is InChI=1S/C20H31N5OS.HI/c1-16-23-18(15-27-16)14-25(5)20(21-2)22-13-17-7-9-19(10-8-17)26-12-6-11-24(3)4;/h7-10,15H,6,11-14H2,1-5H3,(H,21,22);1H. The van der Waals surface area contributed by atoms with Gasteiger partial charge in [-0.05, 0) is 45.1 Å². The van der Waals surface area contributed by atoms with Crippen LogP contribution in [0.1, 0.15) is 22.7 Å². The molecule has 1 aromatic carbocycles. The molecule has 0 amide bonds. The van der Waals surface area contributed by atoms with Gasteiger partial charge in [0.15, 0.2) is 5.96 Å². The monoisotopic (exact) mass is 517 g/mol. The third kappa shape index (κ3) is 8.74. The Balaban J connectivity index is 0.00000392. The third-order valence-electron chi connectivity index (χ3n) is 4.03. The lowest BCUT2D eigenvalue weighted by atomic mass is 10.2. The lowest BCUT2D eigenvalue weighted by Crippen LogP contribution is -2.38. The van der Waals surface area contributed by atoms with Crippen molar-refractivity contribution in [3.8, 4) is 5.75 Å². The highest BCUT2D eigenvalue weighted by Gasteiger charge is 2.08. The number of benzene rings is 1. The summed E-state index contributed by atoms with van der Waals surface area (Å²) < 4.78 is 5.78. The minimum atomic E-state index is 0. The SMILES string of the molecule is CN=C(NCc1ccc(OCCCN(C)C)cc1)N(C)Cc1csc(C)n1.I. The van der Waals surface area contributed by atoms with E-state index in [2.05, 4.69) is 56.7 Å². The van der Waals surface area contributed by atoms with Gasteiger partial charge in [-0.25, -0.2) is 4.98 Å². The van der Waals surface area contributed by atoms with Gasteiger partial charge in [-0.3, -0.25) is 4.99 Å². The lowest BCUT2D eigenvalue weighted by molar-refractivity contribution is 0.281. The first kappa shape index (κ1) is 24.6. The first-order valence-electron chi connectivity index (χ1n) is 9.17. The molecule has 0 fully saturated rings. The molecule has 0 saturated carbocycles. The molecule has 1 aromatic heterocycles. The number of nitrogens with one attached hydrogen (secondary N) is 1. The highest BCUT2D eigenvalue weighted by molar-refractivity contribution is 14.0. The molecule has 8 heteroatoms. The minimum Gasteiger partial charge on any atom is -0.494 e. The van der Waals surface area contributed by atoms with E-state index in [4.69, 9.17) is 4.74 Å². The number of nitrogens with zero attached hydrogens (tertiary/aromatic N) is 4. The Labute approximate surface area is 190 Å². The number of guanidine groups is 1. The molecule has 0 saturated heterocycles. The summed E-state index contributed by atoms with van der Waals surface area (Å²) in [7, 11) is 7.97. The van der Waals surface area contributed by atoms with Crippen molar-refractivity contribution in [1.82, 2.24) is 20.1 Å². The normalized spacial score (nSPS) is 11.3. The van der Waals surface area contributed by atoms with E-state index in [0.717, 1.165) is 48.5 Å². The van der Waals surface area contributed by atoms with Gasteiger partial charge < -0.3 is 19.9 Å². The average Bonchev–Trinajstić information content (AvgIpc) is 3.05. The van der Waals surface area contributed by atoms with Crippen LogP contribution in [0, 0.1) is 6.92 Å². The van der Waals surface area contributed by atoms with Crippen LogP contribution in [0.4, 0.5) is 0 Å². The van der Waals surface area contributed by atoms with Crippen LogP contribution in [0.3, 0.4) is 0 Å². The van der Waals surface area contributed by atoms with Gasteiger partial charge in [0, 0.05) is 32.6 Å². The van der Waals surface area contributed by atoms with Crippen molar-refractivity contribution in [3.63, 3.8) is 0 Å². The zero-order valence-electron chi connectivity index (χ0n) is 17.4. The molecule has 1 N–H and O–H groups in total. The Morgan fingerprint density at radius 2 is 1.93 bits per heavy atom. The van der Waals surface area contributed by atoms with Crippen LogP contribution in [0.2, 0.25) is 0 Å². The molecule has 2 aromatic rings. The Kier molecular flexibility index (Phi) is 11.4. The van der Waals surface area contributed by atoms with Crippen molar-refractivity contribution in [3.05, 3.63) is 45.9 Å². The van der Waals surface area contributed by atoms with Gasteiger partial charge in [-0.1, -0.05) is 12.1 Å². The van der Waals surface area contributed by atoms with E-state index in [9.17, 15) is 0 Å². The molecule has 6 nitrogen and oxygen atoms in total. The highest BCUT2D eigenvalue weighted by atomic mass is 127. The quantitative estimate of drug-likeness (QED) is 0.239. The summed E-state index contributed by atoms with van der Waals surface area (Å²) in [4.78, 5) is 13.1. The van der Waals surface area contributed by atoms with E-state index in [-0.39, 0.29) is 24.0 Å². The van der Waals surface area contributed by atoms with Crippen molar-refractivity contribution in [1.29, 1.82) is 0 Å². The summed E-state index contributed by atoms with van der Waals surface area (Å²) in [5.41, 5.74) is 2.26. The van der Waals surface area contributed by atoms with E-state index >= 15 is 0 Å². The average molecular weight is 517 g/mol. The van der Waals surface area contributed by atoms with Gasteiger partial charge in [-0.2, -0.15) is 0 Å². The largest absolute Gasteiger partial charge is 0.494 e. The molecular weight excluding hydrogens is 485 g/mol. The summed E-state index contributed by atoms with van der Waals surface area (Å²) in [6, 6.07) is 8.23. The molecular formula is C20H32IN5OS. The molecule has 156 valence electrons. The van der Waals surface area contributed by atoms with Crippen molar-refractivity contribution in [2.75, 3.05) is 41.3 Å². The second kappa shape index (κ2) is 12.9. The molecule has 0 aliphatic carbocycles. The number of hydrogen-bond acceptors (Lipinski definition) is 5. The zero-order chi connectivity index (χ0) is 19.6. The van der Waals surface area contributed by atoms with Gasteiger partial charge in [0.25, 0.3) is 0 Å². The minimum absolute atomic E-state index is 0. The summed E-state index contributed by atoms with van der Waals surface area (Å²) in [5, 5.41) is 6.58. The molecule has 0 radical (unpaired) electrons. The first-order valence-corrected chi connectivity index (χ1v) is 10.0. The number of aromatic nitrogens is 1. The molecule has 0 atom stereocenters. The highest BCUT2D eigenvalue weighted by Crippen LogP contribution is 2.13. The first-order chi connectivity index (χ1) is 13.0. The molecule has 28 heavy (non-hydrogen) atoms. The molecule has 0 aliphatic heterocycles. The fourth-order valence-electron chi connectivity index (χ4n) is 2.64. The number of aryl methyl sites for hydroxylation is 1. The Hall–Kier alpha value is -1.39. The second-order valence-corrected chi connectivity index (χ2v) is 7.83. The fraction of sp³-hybridized carbons (Fsp3) is 0.500. The summed E-state index contributed by atoms with van der Waals surface area (Å²) in [5.74, 6) is 1.77. The molecule has 0 aliphatic rings. The maximum atomic E-state index is 5.78. The molecule has 0 spiro atoms. The molecule has 2 rings (SSSR count). The zero-order valence-corrected chi connectivity index (χ0v) is 20.6. The molecule has 0 bridgehead atoms. The van der Waals surface area contributed by atoms with Gasteiger partial charge >= 0.3 is 0 Å². The smallest absolute Gasteiger partial charge is 0.194 e. The maximum Gasteiger partial charge on any atom is 0.194 e. The second-order valence-electron chi connectivity index (χ2n) is 6.76. The van der Waals surface area contributed by atoms with Gasteiger partial charge in [0.1, 0.15) is 5.75 Å². The topological polar surface area (TPSA) is 53.0 Å². The predicted molar refractivity (Wildman–Crippen MR) is 129 cm³/mol. The Bertz CT molecular complexity index is 718. The third-order valence-corrected chi connectivity index (χ3v) is 4.85. The number of ether oxygens (including phenoxy) is 1. The van der Waals surface area contributed by atoms with Crippen LogP contribution >= 0.6 is 35.3 Å².